The predicted octanol–water partition coefficient (Wildman–Crippen LogP) is 2.84. The van der Waals surface area contributed by atoms with Gasteiger partial charge in [-0.25, -0.2) is 8.42 Å². The zero-order chi connectivity index (χ0) is 14.7. The van der Waals surface area contributed by atoms with Gasteiger partial charge in [0, 0.05) is 11.4 Å². The van der Waals surface area contributed by atoms with E-state index in [1.807, 2.05) is 17.5 Å². The monoisotopic (exact) mass is 322 g/mol. The first kappa shape index (κ1) is 14.6. The normalized spacial score (nSPS) is 15.0. The smallest absolute Gasteiger partial charge is 0.261 e. The van der Waals surface area contributed by atoms with Crippen LogP contribution in [0.1, 0.15) is 18.4 Å². The number of nitrogens with one attached hydrogen (secondary N) is 2. The maximum Gasteiger partial charge on any atom is 0.261 e. The number of thiophene rings is 1. The molecular formula is C15H18N2O2S2. The minimum atomic E-state index is -3.48. The number of benzene rings is 1. The van der Waals surface area contributed by atoms with E-state index in [0.29, 0.717) is 16.6 Å². The van der Waals surface area contributed by atoms with Crippen LogP contribution in [0, 0.1) is 0 Å². The number of rotatable bonds is 7. The van der Waals surface area contributed by atoms with E-state index in [9.17, 15) is 8.42 Å². The van der Waals surface area contributed by atoms with Gasteiger partial charge in [-0.15, -0.1) is 0 Å². The first-order valence-corrected chi connectivity index (χ1v) is 9.43. The molecular weight excluding hydrogens is 304 g/mol. The summed E-state index contributed by atoms with van der Waals surface area (Å²) in [5, 5.41) is 7.06. The Labute approximate surface area is 129 Å². The van der Waals surface area contributed by atoms with Gasteiger partial charge in [0.25, 0.3) is 10.0 Å². The lowest BCUT2D eigenvalue weighted by atomic mass is 10.1. The van der Waals surface area contributed by atoms with Crippen molar-refractivity contribution in [3.05, 3.63) is 46.7 Å². The average Bonchev–Trinajstić information content (AvgIpc) is 3.15. The maximum absolute atomic E-state index is 12.2. The van der Waals surface area contributed by atoms with Gasteiger partial charge in [0.05, 0.1) is 10.6 Å². The Morgan fingerprint density at radius 1 is 1.14 bits per heavy atom. The minimum absolute atomic E-state index is 0.299. The van der Waals surface area contributed by atoms with E-state index in [4.69, 9.17) is 0 Å². The molecule has 1 aliphatic rings. The summed E-state index contributed by atoms with van der Waals surface area (Å²) in [6, 6.07) is 9.56. The summed E-state index contributed by atoms with van der Waals surface area (Å²) in [7, 11) is -3.48. The molecule has 0 saturated heterocycles. The molecule has 4 nitrogen and oxygen atoms in total. The molecule has 21 heavy (non-hydrogen) atoms. The van der Waals surface area contributed by atoms with Gasteiger partial charge >= 0.3 is 0 Å². The van der Waals surface area contributed by atoms with Crippen molar-refractivity contribution in [1.29, 1.82) is 0 Å². The Kier molecular flexibility index (Phi) is 4.28. The molecule has 2 N–H and O–H groups in total. The van der Waals surface area contributed by atoms with E-state index < -0.39 is 10.0 Å². The third kappa shape index (κ3) is 4.06. The van der Waals surface area contributed by atoms with Gasteiger partial charge in [-0.1, -0.05) is 12.1 Å². The highest BCUT2D eigenvalue weighted by Crippen LogP contribution is 2.20. The van der Waals surface area contributed by atoms with Crippen LogP contribution in [0.4, 0.5) is 5.69 Å². The van der Waals surface area contributed by atoms with Crippen molar-refractivity contribution in [3.63, 3.8) is 0 Å². The molecule has 112 valence electrons. The molecule has 1 heterocycles. The molecule has 1 aliphatic carbocycles. The van der Waals surface area contributed by atoms with Crippen molar-refractivity contribution in [2.45, 2.75) is 30.2 Å². The quantitative estimate of drug-likeness (QED) is 0.824. The summed E-state index contributed by atoms with van der Waals surface area (Å²) in [6.45, 7) is 0.948. The summed E-state index contributed by atoms with van der Waals surface area (Å²) in [5.74, 6) is 0. The van der Waals surface area contributed by atoms with Gasteiger partial charge in [0.2, 0.25) is 0 Å². The standard InChI is InChI=1S/C15H18N2O2S2/c18-21(19,17-14-8-10-20-11-14)15-5-1-12(2-6-15)7-9-16-13-3-4-13/h1-2,5-6,8,10-11,13,16-17H,3-4,7,9H2. The minimum Gasteiger partial charge on any atom is -0.314 e. The summed E-state index contributed by atoms with van der Waals surface area (Å²) in [6.07, 6.45) is 3.49. The fourth-order valence-corrected chi connectivity index (χ4v) is 3.79. The highest BCUT2D eigenvalue weighted by molar-refractivity contribution is 7.92. The Morgan fingerprint density at radius 3 is 2.52 bits per heavy atom. The lowest BCUT2D eigenvalue weighted by Crippen LogP contribution is -2.19. The Morgan fingerprint density at radius 2 is 1.90 bits per heavy atom. The summed E-state index contributed by atoms with van der Waals surface area (Å²) in [5.41, 5.74) is 1.76. The van der Waals surface area contributed by atoms with Crippen LogP contribution in [-0.2, 0) is 16.4 Å². The van der Waals surface area contributed by atoms with Crippen LogP contribution in [-0.4, -0.2) is 21.0 Å². The van der Waals surface area contributed by atoms with Crippen molar-refractivity contribution < 1.29 is 8.42 Å². The first-order valence-electron chi connectivity index (χ1n) is 7.01. The molecule has 0 atom stereocenters. The number of anilines is 1. The van der Waals surface area contributed by atoms with Crippen LogP contribution >= 0.6 is 11.3 Å². The van der Waals surface area contributed by atoms with Crippen molar-refractivity contribution in [3.8, 4) is 0 Å². The fraction of sp³-hybridized carbons (Fsp3) is 0.333. The fourth-order valence-electron chi connectivity index (χ4n) is 2.08. The molecule has 0 amide bonds. The van der Waals surface area contributed by atoms with Gasteiger partial charge in [0.15, 0.2) is 0 Å². The van der Waals surface area contributed by atoms with Gasteiger partial charge in [0.1, 0.15) is 0 Å². The van der Waals surface area contributed by atoms with Crippen LogP contribution in [0.3, 0.4) is 0 Å². The molecule has 0 aliphatic heterocycles. The Hall–Kier alpha value is -1.37. The molecule has 6 heteroatoms. The Bertz CT molecular complexity index is 675. The highest BCUT2D eigenvalue weighted by Gasteiger charge is 2.19. The van der Waals surface area contributed by atoms with E-state index in [2.05, 4.69) is 10.0 Å². The molecule has 0 bridgehead atoms. The largest absolute Gasteiger partial charge is 0.314 e. The van der Waals surface area contributed by atoms with E-state index in [1.54, 1.807) is 23.6 Å². The number of hydrogen-bond donors (Lipinski definition) is 2. The third-order valence-corrected chi connectivity index (χ3v) is 5.51. The highest BCUT2D eigenvalue weighted by atomic mass is 32.2. The first-order chi connectivity index (χ1) is 10.1. The van der Waals surface area contributed by atoms with Gasteiger partial charge < -0.3 is 5.32 Å². The van der Waals surface area contributed by atoms with Gasteiger partial charge in [-0.3, -0.25) is 4.72 Å². The second kappa shape index (κ2) is 6.17. The molecule has 0 unspecified atom stereocenters. The lowest BCUT2D eigenvalue weighted by Gasteiger charge is -2.08. The zero-order valence-corrected chi connectivity index (χ0v) is 13.2. The van der Waals surface area contributed by atoms with Crippen molar-refractivity contribution in [1.82, 2.24) is 5.32 Å². The number of sulfonamides is 1. The predicted molar refractivity (Wildman–Crippen MR) is 86.3 cm³/mol. The van der Waals surface area contributed by atoms with Gasteiger partial charge in [-0.05, 0) is 54.9 Å². The Balaban J connectivity index is 1.62. The molecule has 1 aromatic carbocycles. The van der Waals surface area contributed by atoms with Crippen LogP contribution in [0.2, 0.25) is 0 Å². The zero-order valence-electron chi connectivity index (χ0n) is 11.6. The van der Waals surface area contributed by atoms with E-state index in [-0.39, 0.29) is 0 Å². The number of hydrogen-bond acceptors (Lipinski definition) is 4. The topological polar surface area (TPSA) is 58.2 Å². The van der Waals surface area contributed by atoms with Crippen LogP contribution in [0.25, 0.3) is 0 Å². The average molecular weight is 322 g/mol. The van der Waals surface area contributed by atoms with Crippen molar-refractivity contribution >= 4 is 27.0 Å². The third-order valence-electron chi connectivity index (χ3n) is 3.43. The van der Waals surface area contributed by atoms with Crippen molar-refractivity contribution in [2.24, 2.45) is 0 Å². The summed E-state index contributed by atoms with van der Waals surface area (Å²) >= 11 is 1.46. The SMILES string of the molecule is O=S(=O)(Nc1ccsc1)c1ccc(CCNC2CC2)cc1. The second-order valence-corrected chi connectivity index (χ2v) is 7.70. The molecule has 1 fully saturated rings. The van der Waals surface area contributed by atoms with E-state index in [0.717, 1.165) is 18.5 Å². The molecule has 2 aromatic rings. The van der Waals surface area contributed by atoms with E-state index in [1.165, 1.54) is 24.2 Å². The second-order valence-electron chi connectivity index (χ2n) is 5.24. The van der Waals surface area contributed by atoms with Gasteiger partial charge in [-0.2, -0.15) is 11.3 Å². The van der Waals surface area contributed by atoms with Crippen LogP contribution < -0.4 is 10.0 Å². The van der Waals surface area contributed by atoms with Crippen LogP contribution in [0.5, 0.6) is 0 Å². The molecule has 1 saturated carbocycles. The molecule has 3 rings (SSSR count). The van der Waals surface area contributed by atoms with Crippen LogP contribution in [0.15, 0.2) is 46.0 Å². The lowest BCUT2D eigenvalue weighted by molar-refractivity contribution is 0.601. The maximum atomic E-state index is 12.2. The van der Waals surface area contributed by atoms with Crippen molar-refractivity contribution in [2.75, 3.05) is 11.3 Å². The van der Waals surface area contributed by atoms with E-state index >= 15 is 0 Å². The molecule has 0 radical (unpaired) electrons. The summed E-state index contributed by atoms with van der Waals surface area (Å²) < 4.78 is 27.0. The molecule has 0 spiro atoms. The summed E-state index contributed by atoms with van der Waals surface area (Å²) in [4.78, 5) is 0.299. The molecule has 1 aromatic heterocycles.